The van der Waals surface area contributed by atoms with E-state index in [9.17, 15) is 9.18 Å². The molecule has 2 unspecified atom stereocenters. The molecule has 1 heterocycles. The molecule has 20 heavy (non-hydrogen) atoms. The number of morpholine rings is 1. The third-order valence-electron chi connectivity index (χ3n) is 3.64. The molecule has 0 bridgehead atoms. The second kappa shape index (κ2) is 6.33. The highest BCUT2D eigenvalue weighted by atomic mass is 19.1. The van der Waals surface area contributed by atoms with E-state index in [4.69, 9.17) is 4.74 Å². The van der Waals surface area contributed by atoms with Crippen LogP contribution >= 0.6 is 0 Å². The Kier molecular flexibility index (Phi) is 4.73. The molecule has 1 aliphatic heterocycles. The van der Waals surface area contributed by atoms with Crippen LogP contribution in [0.15, 0.2) is 18.2 Å². The molecular weight excluding hydrogens is 259 g/mol. The summed E-state index contributed by atoms with van der Waals surface area (Å²) in [5.41, 5.74) is 1.06. The minimum Gasteiger partial charge on any atom is -0.376 e. The van der Waals surface area contributed by atoms with Gasteiger partial charge in [-0.1, -0.05) is 6.07 Å². The Bertz CT molecular complexity index is 493. The number of carbonyl (C=O) groups is 1. The van der Waals surface area contributed by atoms with Crippen LogP contribution in [0.4, 0.5) is 10.1 Å². The van der Waals surface area contributed by atoms with E-state index in [2.05, 4.69) is 10.2 Å². The van der Waals surface area contributed by atoms with Crippen LogP contribution in [0, 0.1) is 12.7 Å². The summed E-state index contributed by atoms with van der Waals surface area (Å²) in [6.07, 6.45) is 0.135. The van der Waals surface area contributed by atoms with Gasteiger partial charge in [0, 0.05) is 18.8 Å². The third-order valence-corrected chi connectivity index (χ3v) is 3.64. The van der Waals surface area contributed by atoms with E-state index in [-0.39, 0.29) is 23.9 Å². The second-order valence-corrected chi connectivity index (χ2v) is 5.31. The predicted octanol–water partition coefficient (Wildman–Crippen LogP) is 2.18. The minimum absolute atomic E-state index is 0.123. The van der Waals surface area contributed by atoms with Gasteiger partial charge in [0.25, 0.3) is 0 Å². The van der Waals surface area contributed by atoms with Crippen LogP contribution in [0.2, 0.25) is 0 Å². The SMILES string of the molecule is Cc1ccc(NC(=O)C(C)N2CCOC(C)C2)cc1F. The number of rotatable bonds is 3. The lowest BCUT2D eigenvalue weighted by molar-refractivity contribution is -0.123. The summed E-state index contributed by atoms with van der Waals surface area (Å²) >= 11 is 0. The molecule has 1 N–H and O–H groups in total. The van der Waals surface area contributed by atoms with Gasteiger partial charge < -0.3 is 10.1 Å². The van der Waals surface area contributed by atoms with Gasteiger partial charge in [-0.05, 0) is 38.5 Å². The molecule has 4 nitrogen and oxygen atoms in total. The largest absolute Gasteiger partial charge is 0.376 e. The maximum atomic E-state index is 13.5. The number of nitrogens with zero attached hydrogens (tertiary/aromatic N) is 1. The molecule has 5 heteroatoms. The van der Waals surface area contributed by atoms with Crippen LogP contribution in [-0.2, 0) is 9.53 Å². The lowest BCUT2D eigenvalue weighted by Gasteiger charge is -2.34. The summed E-state index contributed by atoms with van der Waals surface area (Å²) in [5.74, 6) is -0.433. The first-order valence-corrected chi connectivity index (χ1v) is 6.90. The molecule has 0 radical (unpaired) electrons. The van der Waals surface area contributed by atoms with Crippen molar-refractivity contribution in [1.82, 2.24) is 4.90 Å². The lowest BCUT2D eigenvalue weighted by Crippen LogP contribution is -2.50. The van der Waals surface area contributed by atoms with Crippen molar-refractivity contribution in [3.05, 3.63) is 29.6 Å². The fourth-order valence-electron chi connectivity index (χ4n) is 2.28. The minimum atomic E-state index is -0.310. The predicted molar refractivity (Wildman–Crippen MR) is 76.2 cm³/mol. The van der Waals surface area contributed by atoms with Crippen molar-refractivity contribution < 1.29 is 13.9 Å². The van der Waals surface area contributed by atoms with E-state index in [1.165, 1.54) is 6.07 Å². The first kappa shape index (κ1) is 14.9. The Labute approximate surface area is 118 Å². The quantitative estimate of drug-likeness (QED) is 0.922. The van der Waals surface area contributed by atoms with Crippen molar-refractivity contribution in [3.8, 4) is 0 Å². The third kappa shape index (κ3) is 3.55. The molecule has 1 saturated heterocycles. The monoisotopic (exact) mass is 280 g/mol. The molecule has 0 aliphatic carbocycles. The van der Waals surface area contributed by atoms with Crippen LogP contribution in [0.5, 0.6) is 0 Å². The molecule has 0 saturated carbocycles. The lowest BCUT2D eigenvalue weighted by atomic mass is 10.2. The molecular formula is C15H21FN2O2. The zero-order valence-corrected chi connectivity index (χ0v) is 12.1. The summed E-state index contributed by atoms with van der Waals surface area (Å²) in [7, 11) is 0. The molecule has 1 aliphatic rings. The zero-order valence-electron chi connectivity index (χ0n) is 12.1. The van der Waals surface area contributed by atoms with Gasteiger partial charge in [0.15, 0.2) is 0 Å². The van der Waals surface area contributed by atoms with Crippen molar-refractivity contribution in [2.24, 2.45) is 0 Å². The van der Waals surface area contributed by atoms with Gasteiger partial charge in [-0.15, -0.1) is 0 Å². The van der Waals surface area contributed by atoms with E-state index in [1.54, 1.807) is 19.1 Å². The molecule has 110 valence electrons. The van der Waals surface area contributed by atoms with Crippen molar-refractivity contribution in [2.45, 2.75) is 32.9 Å². The standard InChI is InChI=1S/C15H21FN2O2/c1-10-4-5-13(8-14(10)16)17-15(19)12(3)18-6-7-20-11(2)9-18/h4-5,8,11-12H,6-7,9H2,1-3H3,(H,17,19). The Morgan fingerprint density at radius 2 is 2.30 bits per heavy atom. The van der Waals surface area contributed by atoms with Gasteiger partial charge in [-0.3, -0.25) is 9.69 Å². The molecule has 1 amide bonds. The van der Waals surface area contributed by atoms with Crippen LogP contribution in [0.1, 0.15) is 19.4 Å². The summed E-state index contributed by atoms with van der Waals surface area (Å²) in [5, 5.41) is 2.76. The highest BCUT2D eigenvalue weighted by Gasteiger charge is 2.26. The van der Waals surface area contributed by atoms with Crippen molar-refractivity contribution >= 4 is 11.6 Å². The van der Waals surface area contributed by atoms with Crippen molar-refractivity contribution in [2.75, 3.05) is 25.0 Å². The Morgan fingerprint density at radius 3 is 2.95 bits per heavy atom. The Hall–Kier alpha value is -1.46. The number of hydrogen-bond donors (Lipinski definition) is 1. The molecule has 0 aromatic heterocycles. The van der Waals surface area contributed by atoms with Gasteiger partial charge in [0.1, 0.15) is 5.82 Å². The van der Waals surface area contributed by atoms with Gasteiger partial charge in [-0.25, -0.2) is 4.39 Å². The fraction of sp³-hybridized carbons (Fsp3) is 0.533. The van der Waals surface area contributed by atoms with Gasteiger partial charge in [0.05, 0.1) is 18.8 Å². The maximum Gasteiger partial charge on any atom is 0.241 e. The van der Waals surface area contributed by atoms with Gasteiger partial charge in [0.2, 0.25) is 5.91 Å². The van der Waals surface area contributed by atoms with E-state index in [0.717, 1.165) is 13.1 Å². The molecule has 0 spiro atoms. The average molecular weight is 280 g/mol. The van der Waals surface area contributed by atoms with Crippen LogP contribution < -0.4 is 5.32 Å². The number of amides is 1. The van der Waals surface area contributed by atoms with Crippen LogP contribution in [0.3, 0.4) is 0 Å². The normalized spacial score (nSPS) is 21.5. The van der Waals surface area contributed by atoms with Crippen LogP contribution in [-0.4, -0.2) is 42.6 Å². The van der Waals surface area contributed by atoms with E-state index in [0.29, 0.717) is 17.9 Å². The molecule has 1 aromatic carbocycles. The van der Waals surface area contributed by atoms with Crippen molar-refractivity contribution in [3.63, 3.8) is 0 Å². The number of benzene rings is 1. The Morgan fingerprint density at radius 1 is 1.55 bits per heavy atom. The highest BCUT2D eigenvalue weighted by Crippen LogP contribution is 2.15. The van der Waals surface area contributed by atoms with Gasteiger partial charge >= 0.3 is 0 Å². The number of halogens is 1. The Balaban J connectivity index is 1.98. The van der Waals surface area contributed by atoms with E-state index < -0.39 is 0 Å². The number of anilines is 1. The number of aryl methyl sites for hydroxylation is 1. The highest BCUT2D eigenvalue weighted by molar-refractivity contribution is 5.94. The average Bonchev–Trinajstić information content (AvgIpc) is 2.42. The number of carbonyl (C=O) groups excluding carboxylic acids is 1. The topological polar surface area (TPSA) is 41.6 Å². The molecule has 1 aromatic rings. The van der Waals surface area contributed by atoms with E-state index >= 15 is 0 Å². The summed E-state index contributed by atoms with van der Waals surface area (Å²) in [6, 6.07) is 4.46. The van der Waals surface area contributed by atoms with Gasteiger partial charge in [-0.2, -0.15) is 0 Å². The number of nitrogens with one attached hydrogen (secondary N) is 1. The zero-order chi connectivity index (χ0) is 14.7. The fourth-order valence-corrected chi connectivity index (χ4v) is 2.28. The molecule has 2 rings (SSSR count). The summed E-state index contributed by atoms with van der Waals surface area (Å²) in [4.78, 5) is 14.3. The first-order chi connectivity index (χ1) is 9.47. The smallest absolute Gasteiger partial charge is 0.241 e. The van der Waals surface area contributed by atoms with Crippen LogP contribution in [0.25, 0.3) is 0 Å². The second-order valence-electron chi connectivity index (χ2n) is 5.31. The van der Waals surface area contributed by atoms with E-state index in [1.807, 2.05) is 13.8 Å². The van der Waals surface area contributed by atoms with Crippen molar-refractivity contribution in [1.29, 1.82) is 0 Å². The number of ether oxygens (including phenoxy) is 1. The summed E-state index contributed by atoms with van der Waals surface area (Å²) in [6.45, 7) is 7.65. The first-order valence-electron chi connectivity index (χ1n) is 6.90. The molecule has 1 fully saturated rings. The maximum absolute atomic E-state index is 13.5. The molecule has 2 atom stereocenters. The number of hydrogen-bond acceptors (Lipinski definition) is 3. The summed E-state index contributed by atoms with van der Waals surface area (Å²) < 4.78 is 18.9.